The Hall–Kier alpha value is -1.95. The minimum atomic E-state index is 0.331. The Morgan fingerprint density at radius 1 is 1.23 bits per heavy atom. The molecule has 2 aliphatic rings. The molecular formula is C16H21N5O. The van der Waals surface area contributed by atoms with Crippen LogP contribution in [-0.2, 0) is 6.54 Å². The topological polar surface area (TPSA) is 81.1 Å². The largest absolute Gasteiger partial charge is 0.361 e. The molecule has 0 amide bonds. The Morgan fingerprint density at radius 3 is 2.77 bits per heavy atom. The quantitative estimate of drug-likeness (QED) is 0.911. The number of rotatable bonds is 5. The van der Waals surface area contributed by atoms with Crippen molar-refractivity contribution in [3.8, 4) is 0 Å². The van der Waals surface area contributed by atoms with Gasteiger partial charge >= 0.3 is 0 Å². The van der Waals surface area contributed by atoms with Crippen LogP contribution in [0.25, 0.3) is 0 Å². The van der Waals surface area contributed by atoms with Crippen LogP contribution < -0.4 is 10.6 Å². The van der Waals surface area contributed by atoms with Crippen molar-refractivity contribution >= 4 is 5.82 Å². The summed E-state index contributed by atoms with van der Waals surface area (Å²) in [7, 11) is 2.02. The number of anilines is 1. The van der Waals surface area contributed by atoms with E-state index in [1.807, 2.05) is 7.05 Å². The standard InChI is InChI=1S/C16H21N5O/c1-21(8-13-6-15(22-20-13)10-2-3-10)16-7-14(18-9-19-16)11-4-12(17)5-11/h6-7,9-12H,2-5,8,17H2,1H3. The molecule has 0 atom stereocenters. The zero-order chi connectivity index (χ0) is 15.1. The highest BCUT2D eigenvalue weighted by Gasteiger charge is 2.29. The Kier molecular flexibility index (Phi) is 3.33. The molecule has 0 radical (unpaired) electrons. The van der Waals surface area contributed by atoms with Gasteiger partial charge in [0.1, 0.15) is 23.6 Å². The monoisotopic (exact) mass is 299 g/mol. The average molecular weight is 299 g/mol. The van der Waals surface area contributed by atoms with E-state index < -0.39 is 0 Å². The number of nitrogens with two attached hydrogens (primary N) is 1. The summed E-state index contributed by atoms with van der Waals surface area (Å²) in [6.07, 6.45) is 6.14. The van der Waals surface area contributed by atoms with Crippen LogP contribution in [0.2, 0.25) is 0 Å². The van der Waals surface area contributed by atoms with Crippen LogP contribution >= 0.6 is 0 Å². The molecule has 0 saturated heterocycles. The number of hydrogen-bond acceptors (Lipinski definition) is 6. The fraction of sp³-hybridized carbons (Fsp3) is 0.562. The zero-order valence-electron chi connectivity index (χ0n) is 12.8. The lowest BCUT2D eigenvalue weighted by Crippen LogP contribution is -2.35. The molecule has 2 aromatic heterocycles. The highest BCUT2D eigenvalue weighted by atomic mass is 16.5. The third-order valence-electron chi connectivity index (χ3n) is 4.61. The Labute approximate surface area is 129 Å². The van der Waals surface area contributed by atoms with E-state index in [-0.39, 0.29) is 0 Å². The first-order valence-corrected chi connectivity index (χ1v) is 7.93. The third-order valence-corrected chi connectivity index (χ3v) is 4.61. The highest BCUT2D eigenvalue weighted by Crippen LogP contribution is 2.40. The number of hydrogen-bond donors (Lipinski definition) is 1. The Morgan fingerprint density at radius 2 is 2.05 bits per heavy atom. The van der Waals surface area contributed by atoms with Crippen molar-refractivity contribution in [2.45, 2.75) is 50.1 Å². The van der Waals surface area contributed by atoms with Gasteiger partial charge in [-0.2, -0.15) is 0 Å². The van der Waals surface area contributed by atoms with E-state index in [1.165, 1.54) is 12.8 Å². The van der Waals surface area contributed by atoms with Gasteiger partial charge in [0.15, 0.2) is 0 Å². The summed E-state index contributed by atoms with van der Waals surface area (Å²) in [5.74, 6) is 3.02. The summed E-state index contributed by atoms with van der Waals surface area (Å²) >= 11 is 0. The van der Waals surface area contributed by atoms with Gasteiger partial charge in [0, 0.05) is 42.8 Å². The van der Waals surface area contributed by atoms with E-state index in [1.54, 1.807) is 6.33 Å². The molecule has 22 heavy (non-hydrogen) atoms. The molecule has 2 aromatic rings. The van der Waals surface area contributed by atoms with E-state index in [0.717, 1.165) is 35.8 Å². The Balaban J connectivity index is 1.44. The van der Waals surface area contributed by atoms with Crippen LogP contribution in [0.4, 0.5) is 5.82 Å². The van der Waals surface area contributed by atoms with Gasteiger partial charge in [-0.05, 0) is 25.7 Å². The minimum absolute atomic E-state index is 0.331. The maximum absolute atomic E-state index is 5.87. The van der Waals surface area contributed by atoms with E-state index in [4.69, 9.17) is 10.3 Å². The lowest BCUT2D eigenvalue weighted by Gasteiger charge is -2.32. The van der Waals surface area contributed by atoms with Gasteiger partial charge in [0.2, 0.25) is 0 Å². The van der Waals surface area contributed by atoms with E-state index in [2.05, 4.69) is 32.2 Å². The summed E-state index contributed by atoms with van der Waals surface area (Å²) in [4.78, 5) is 10.8. The predicted octanol–water partition coefficient (Wildman–Crippen LogP) is 2.18. The number of aromatic nitrogens is 3. The third kappa shape index (κ3) is 2.70. The molecule has 6 nitrogen and oxygen atoms in total. The van der Waals surface area contributed by atoms with Gasteiger partial charge in [0.05, 0.1) is 6.54 Å². The molecule has 2 fully saturated rings. The molecule has 116 valence electrons. The second kappa shape index (κ2) is 5.35. The van der Waals surface area contributed by atoms with Gasteiger partial charge in [-0.15, -0.1) is 0 Å². The summed E-state index contributed by atoms with van der Waals surface area (Å²) in [5, 5.41) is 4.16. The molecule has 4 rings (SSSR count). The van der Waals surface area contributed by atoms with Crippen molar-refractivity contribution in [2.24, 2.45) is 5.73 Å². The molecular weight excluding hydrogens is 278 g/mol. The second-order valence-electron chi connectivity index (χ2n) is 6.58. The maximum atomic E-state index is 5.87. The minimum Gasteiger partial charge on any atom is -0.361 e. The zero-order valence-corrected chi connectivity index (χ0v) is 12.8. The molecule has 2 aliphatic carbocycles. The van der Waals surface area contributed by atoms with Crippen LogP contribution in [0, 0.1) is 0 Å². The molecule has 0 unspecified atom stereocenters. The Bertz CT molecular complexity index is 660. The van der Waals surface area contributed by atoms with Crippen molar-refractivity contribution in [2.75, 3.05) is 11.9 Å². The molecule has 2 N–H and O–H groups in total. The second-order valence-corrected chi connectivity index (χ2v) is 6.58. The van der Waals surface area contributed by atoms with Gasteiger partial charge < -0.3 is 15.2 Å². The summed E-state index contributed by atoms with van der Waals surface area (Å²) < 4.78 is 5.40. The van der Waals surface area contributed by atoms with Crippen LogP contribution in [0.1, 0.15) is 54.7 Å². The molecule has 0 spiro atoms. The first-order chi connectivity index (χ1) is 10.7. The maximum Gasteiger partial charge on any atom is 0.140 e. The molecule has 0 aliphatic heterocycles. The SMILES string of the molecule is CN(Cc1cc(C2CC2)on1)c1cc(C2CC(N)C2)ncn1. The predicted molar refractivity (Wildman–Crippen MR) is 82.6 cm³/mol. The van der Waals surface area contributed by atoms with Crippen LogP contribution in [0.5, 0.6) is 0 Å². The summed E-state index contributed by atoms with van der Waals surface area (Å²) in [6.45, 7) is 0.691. The molecule has 0 bridgehead atoms. The smallest absolute Gasteiger partial charge is 0.140 e. The van der Waals surface area contributed by atoms with Gasteiger partial charge in [0.25, 0.3) is 0 Å². The van der Waals surface area contributed by atoms with E-state index in [0.29, 0.717) is 24.4 Å². The van der Waals surface area contributed by atoms with Crippen LogP contribution in [0.3, 0.4) is 0 Å². The van der Waals surface area contributed by atoms with E-state index in [9.17, 15) is 0 Å². The fourth-order valence-corrected chi connectivity index (χ4v) is 2.98. The van der Waals surface area contributed by atoms with Crippen molar-refractivity contribution in [1.29, 1.82) is 0 Å². The van der Waals surface area contributed by atoms with Crippen molar-refractivity contribution in [3.63, 3.8) is 0 Å². The number of nitrogens with zero attached hydrogens (tertiary/aromatic N) is 4. The molecule has 2 saturated carbocycles. The first-order valence-electron chi connectivity index (χ1n) is 7.93. The lowest BCUT2D eigenvalue weighted by molar-refractivity contribution is 0.345. The van der Waals surface area contributed by atoms with Gasteiger partial charge in [-0.3, -0.25) is 0 Å². The first kappa shape index (κ1) is 13.7. The normalized spacial score (nSPS) is 24.1. The molecule has 6 heteroatoms. The molecule has 0 aromatic carbocycles. The lowest BCUT2D eigenvalue weighted by atomic mass is 9.78. The van der Waals surface area contributed by atoms with Crippen molar-refractivity contribution < 1.29 is 4.52 Å². The van der Waals surface area contributed by atoms with Crippen LogP contribution in [-0.4, -0.2) is 28.2 Å². The average Bonchev–Trinajstić information content (AvgIpc) is 3.24. The van der Waals surface area contributed by atoms with Crippen molar-refractivity contribution in [3.05, 3.63) is 35.6 Å². The highest BCUT2D eigenvalue weighted by molar-refractivity contribution is 5.39. The fourth-order valence-electron chi connectivity index (χ4n) is 2.98. The van der Waals surface area contributed by atoms with E-state index >= 15 is 0 Å². The van der Waals surface area contributed by atoms with Gasteiger partial charge in [-0.25, -0.2) is 9.97 Å². The molecule has 2 heterocycles. The van der Waals surface area contributed by atoms with Crippen LogP contribution in [0.15, 0.2) is 23.0 Å². The summed E-state index contributed by atoms with van der Waals surface area (Å²) in [5.41, 5.74) is 7.91. The summed E-state index contributed by atoms with van der Waals surface area (Å²) in [6, 6.07) is 4.47. The van der Waals surface area contributed by atoms with Crippen molar-refractivity contribution in [1.82, 2.24) is 15.1 Å². The van der Waals surface area contributed by atoms with Gasteiger partial charge in [-0.1, -0.05) is 5.16 Å².